The molecule has 2 aromatic rings. The quantitative estimate of drug-likeness (QED) is 0.813. The van der Waals surface area contributed by atoms with Crippen molar-refractivity contribution >= 4 is 11.3 Å². The molecule has 0 aliphatic rings. The van der Waals surface area contributed by atoms with Crippen LogP contribution in [0.2, 0.25) is 0 Å². The highest BCUT2D eigenvalue weighted by molar-refractivity contribution is 7.10. The van der Waals surface area contributed by atoms with Gasteiger partial charge in [-0.25, -0.2) is 0 Å². The number of rotatable bonds is 5. The zero-order valence-electron chi connectivity index (χ0n) is 12.8. The van der Waals surface area contributed by atoms with Crippen molar-refractivity contribution in [3.05, 3.63) is 57.3 Å². The zero-order chi connectivity index (χ0) is 14.8. The van der Waals surface area contributed by atoms with Crippen LogP contribution in [0.5, 0.6) is 0 Å². The van der Waals surface area contributed by atoms with Gasteiger partial charge in [0.25, 0.3) is 0 Å². The molecule has 1 nitrogen and oxygen atoms in total. The lowest BCUT2D eigenvalue weighted by Crippen LogP contribution is -2.15. The van der Waals surface area contributed by atoms with E-state index in [1.54, 1.807) is 11.3 Å². The van der Waals surface area contributed by atoms with Crippen LogP contribution in [0.15, 0.2) is 35.7 Å². The Balaban J connectivity index is 2.26. The van der Waals surface area contributed by atoms with E-state index in [1.165, 1.54) is 11.1 Å². The third-order valence-corrected chi connectivity index (χ3v) is 5.31. The van der Waals surface area contributed by atoms with E-state index in [0.717, 1.165) is 23.3 Å². The molecule has 1 atom stereocenters. The van der Waals surface area contributed by atoms with E-state index >= 15 is 0 Å². The van der Waals surface area contributed by atoms with E-state index in [2.05, 4.69) is 63.4 Å². The molecule has 2 rings (SSSR count). The standard InChI is InChI=1S/C18H24OS/c1-5-13-11-12-20-17(13)16(19)14-7-9-15(10-8-14)18(3,4)6-2/h7-12,16,19H,5-6H2,1-4H3. The number of aryl methyl sites for hydroxylation is 1. The zero-order valence-corrected chi connectivity index (χ0v) is 13.6. The smallest absolute Gasteiger partial charge is 0.113 e. The summed E-state index contributed by atoms with van der Waals surface area (Å²) in [5.74, 6) is 0. The maximum Gasteiger partial charge on any atom is 0.113 e. The highest BCUT2D eigenvalue weighted by Crippen LogP contribution is 2.32. The molecule has 0 spiro atoms. The molecule has 1 aromatic heterocycles. The van der Waals surface area contributed by atoms with E-state index in [-0.39, 0.29) is 5.41 Å². The maximum atomic E-state index is 10.6. The molecule has 0 aliphatic carbocycles. The maximum absolute atomic E-state index is 10.6. The van der Waals surface area contributed by atoms with Crippen LogP contribution in [0.3, 0.4) is 0 Å². The van der Waals surface area contributed by atoms with Gasteiger partial charge in [-0.2, -0.15) is 0 Å². The lowest BCUT2D eigenvalue weighted by Gasteiger charge is -2.24. The monoisotopic (exact) mass is 288 g/mol. The highest BCUT2D eigenvalue weighted by Gasteiger charge is 2.19. The van der Waals surface area contributed by atoms with E-state index < -0.39 is 6.10 Å². The summed E-state index contributed by atoms with van der Waals surface area (Å²) in [6, 6.07) is 10.5. The third kappa shape index (κ3) is 2.97. The molecule has 0 aliphatic heterocycles. The van der Waals surface area contributed by atoms with Gasteiger partial charge in [0.2, 0.25) is 0 Å². The van der Waals surface area contributed by atoms with E-state index in [4.69, 9.17) is 0 Å². The second-order valence-electron chi connectivity index (χ2n) is 5.93. The van der Waals surface area contributed by atoms with Gasteiger partial charge in [0, 0.05) is 4.88 Å². The van der Waals surface area contributed by atoms with Gasteiger partial charge in [-0.1, -0.05) is 52.0 Å². The van der Waals surface area contributed by atoms with E-state index in [1.807, 2.05) is 0 Å². The van der Waals surface area contributed by atoms with Gasteiger partial charge in [0.05, 0.1) is 0 Å². The molecule has 0 saturated heterocycles. The van der Waals surface area contributed by atoms with Crippen LogP contribution in [0, 0.1) is 0 Å². The molecule has 20 heavy (non-hydrogen) atoms. The minimum absolute atomic E-state index is 0.195. The van der Waals surface area contributed by atoms with Crippen LogP contribution >= 0.6 is 11.3 Å². The van der Waals surface area contributed by atoms with Gasteiger partial charge in [0.1, 0.15) is 6.10 Å². The molecule has 0 radical (unpaired) electrons. The van der Waals surface area contributed by atoms with Crippen molar-refractivity contribution in [1.82, 2.24) is 0 Å². The molecule has 0 fully saturated rings. The minimum atomic E-state index is -0.497. The Morgan fingerprint density at radius 2 is 1.75 bits per heavy atom. The Hall–Kier alpha value is -1.12. The van der Waals surface area contributed by atoms with Crippen molar-refractivity contribution < 1.29 is 5.11 Å². The molecular formula is C18H24OS. The van der Waals surface area contributed by atoms with Gasteiger partial charge in [-0.05, 0) is 46.4 Å². The Labute approximate surface area is 126 Å². The molecule has 1 unspecified atom stereocenters. The molecular weight excluding hydrogens is 264 g/mol. The highest BCUT2D eigenvalue weighted by atomic mass is 32.1. The first-order valence-corrected chi connectivity index (χ1v) is 8.22. The third-order valence-electron chi connectivity index (χ3n) is 4.30. The van der Waals surface area contributed by atoms with Crippen molar-refractivity contribution in [2.24, 2.45) is 0 Å². The molecule has 0 saturated carbocycles. The van der Waals surface area contributed by atoms with Crippen LogP contribution < -0.4 is 0 Å². The summed E-state index contributed by atoms with van der Waals surface area (Å²) in [5.41, 5.74) is 3.76. The van der Waals surface area contributed by atoms with Gasteiger partial charge in [-0.3, -0.25) is 0 Å². The molecule has 1 heterocycles. The molecule has 0 bridgehead atoms. The van der Waals surface area contributed by atoms with Crippen LogP contribution in [0.4, 0.5) is 0 Å². The number of aliphatic hydroxyl groups is 1. The topological polar surface area (TPSA) is 20.2 Å². The largest absolute Gasteiger partial charge is 0.383 e. The van der Waals surface area contributed by atoms with Crippen LogP contribution in [-0.2, 0) is 11.8 Å². The Kier molecular flexibility index (Phi) is 4.66. The van der Waals surface area contributed by atoms with Crippen LogP contribution in [0.25, 0.3) is 0 Å². The second kappa shape index (κ2) is 6.11. The molecule has 1 aromatic carbocycles. The van der Waals surface area contributed by atoms with E-state index in [0.29, 0.717) is 0 Å². The predicted molar refractivity (Wildman–Crippen MR) is 87.5 cm³/mol. The van der Waals surface area contributed by atoms with Crippen molar-refractivity contribution in [2.45, 2.75) is 52.1 Å². The van der Waals surface area contributed by atoms with Crippen LogP contribution in [-0.4, -0.2) is 5.11 Å². The van der Waals surface area contributed by atoms with Crippen LogP contribution in [0.1, 0.15) is 61.8 Å². The molecule has 108 valence electrons. The molecule has 0 amide bonds. The Morgan fingerprint density at radius 1 is 1.10 bits per heavy atom. The first-order chi connectivity index (χ1) is 9.49. The average Bonchev–Trinajstić information content (AvgIpc) is 2.95. The average molecular weight is 288 g/mol. The first-order valence-electron chi connectivity index (χ1n) is 7.34. The van der Waals surface area contributed by atoms with Crippen molar-refractivity contribution in [2.75, 3.05) is 0 Å². The number of hydrogen-bond acceptors (Lipinski definition) is 2. The predicted octanol–water partition coefficient (Wildman–Crippen LogP) is 5.08. The number of benzene rings is 1. The van der Waals surface area contributed by atoms with Gasteiger partial charge in [-0.15, -0.1) is 11.3 Å². The van der Waals surface area contributed by atoms with Gasteiger partial charge < -0.3 is 5.11 Å². The molecule has 2 heteroatoms. The van der Waals surface area contributed by atoms with Crippen molar-refractivity contribution in [1.29, 1.82) is 0 Å². The Morgan fingerprint density at radius 3 is 2.30 bits per heavy atom. The first kappa shape index (κ1) is 15.3. The number of aliphatic hydroxyl groups excluding tert-OH is 1. The summed E-state index contributed by atoms with van der Waals surface area (Å²) >= 11 is 1.64. The van der Waals surface area contributed by atoms with Crippen molar-refractivity contribution in [3.8, 4) is 0 Å². The summed E-state index contributed by atoms with van der Waals surface area (Å²) in [5, 5.41) is 12.6. The number of hydrogen-bond donors (Lipinski definition) is 1. The fraction of sp³-hybridized carbons (Fsp3) is 0.444. The fourth-order valence-corrected chi connectivity index (χ4v) is 3.36. The Bertz CT molecular complexity index is 551. The summed E-state index contributed by atoms with van der Waals surface area (Å²) in [6.45, 7) is 8.85. The summed E-state index contributed by atoms with van der Waals surface area (Å²) in [6.07, 6.45) is 1.58. The second-order valence-corrected chi connectivity index (χ2v) is 6.87. The molecule has 1 N–H and O–H groups in total. The van der Waals surface area contributed by atoms with Crippen molar-refractivity contribution in [3.63, 3.8) is 0 Å². The van der Waals surface area contributed by atoms with Gasteiger partial charge >= 0.3 is 0 Å². The SMILES string of the molecule is CCc1ccsc1C(O)c1ccc(C(C)(C)CC)cc1. The normalized spacial score (nSPS) is 13.4. The fourth-order valence-electron chi connectivity index (χ4n) is 2.35. The lowest BCUT2D eigenvalue weighted by molar-refractivity contribution is 0.223. The summed E-state index contributed by atoms with van der Waals surface area (Å²) in [4.78, 5) is 1.08. The minimum Gasteiger partial charge on any atom is -0.383 e. The summed E-state index contributed by atoms with van der Waals surface area (Å²) in [7, 11) is 0. The van der Waals surface area contributed by atoms with Gasteiger partial charge in [0.15, 0.2) is 0 Å². The van der Waals surface area contributed by atoms with E-state index in [9.17, 15) is 5.11 Å². The summed E-state index contributed by atoms with van der Waals surface area (Å²) < 4.78 is 0. The lowest BCUT2D eigenvalue weighted by atomic mass is 9.82. The number of thiophene rings is 1.